The summed E-state index contributed by atoms with van der Waals surface area (Å²) in [5.41, 5.74) is 1.33. The van der Waals surface area contributed by atoms with Crippen LogP contribution in [-0.4, -0.2) is 50.3 Å². The highest BCUT2D eigenvalue weighted by atomic mass is 32.2. The first-order chi connectivity index (χ1) is 22.3. The van der Waals surface area contributed by atoms with Crippen molar-refractivity contribution in [2.24, 2.45) is 0 Å². The average molecular weight is 640 g/mol. The molecule has 0 heterocycles. The third kappa shape index (κ3) is 8.34. The number of anilines is 1. The van der Waals surface area contributed by atoms with Crippen LogP contribution in [0.15, 0.2) is 120 Å². The van der Waals surface area contributed by atoms with E-state index in [-0.39, 0.29) is 23.4 Å². The molecule has 8 nitrogen and oxygen atoms in total. The minimum Gasteiger partial charge on any atom is -0.457 e. The van der Waals surface area contributed by atoms with Gasteiger partial charge in [0.25, 0.3) is 10.0 Å². The van der Waals surface area contributed by atoms with E-state index in [2.05, 4.69) is 5.32 Å². The molecule has 1 saturated carbocycles. The Morgan fingerprint density at radius 3 is 1.98 bits per heavy atom. The van der Waals surface area contributed by atoms with Crippen LogP contribution < -0.4 is 14.4 Å². The molecule has 1 aliphatic rings. The molecule has 2 amide bonds. The molecule has 4 aromatic carbocycles. The zero-order chi connectivity index (χ0) is 32.4. The number of ether oxygens (including phenoxy) is 1. The van der Waals surface area contributed by atoms with Gasteiger partial charge in [-0.25, -0.2) is 8.42 Å². The zero-order valence-corrected chi connectivity index (χ0v) is 26.9. The Hall–Kier alpha value is -4.63. The molecule has 0 saturated heterocycles. The second-order valence-corrected chi connectivity index (χ2v) is 13.3. The molecule has 46 heavy (non-hydrogen) atoms. The Morgan fingerprint density at radius 2 is 1.37 bits per heavy atom. The summed E-state index contributed by atoms with van der Waals surface area (Å²) in [6.45, 7) is 1.67. The molecule has 1 fully saturated rings. The first-order valence-electron chi connectivity index (χ1n) is 15.9. The van der Waals surface area contributed by atoms with Crippen molar-refractivity contribution in [1.82, 2.24) is 10.2 Å². The zero-order valence-electron chi connectivity index (χ0n) is 26.1. The van der Waals surface area contributed by atoms with Gasteiger partial charge in [-0.2, -0.15) is 0 Å². The van der Waals surface area contributed by atoms with Gasteiger partial charge in [0.1, 0.15) is 24.1 Å². The number of nitrogens with one attached hydrogen (secondary N) is 1. The van der Waals surface area contributed by atoms with Crippen LogP contribution in [0.5, 0.6) is 11.5 Å². The molecule has 0 spiro atoms. The van der Waals surface area contributed by atoms with Crippen molar-refractivity contribution in [2.45, 2.75) is 62.4 Å². The predicted molar refractivity (Wildman–Crippen MR) is 180 cm³/mol. The highest BCUT2D eigenvalue weighted by molar-refractivity contribution is 7.92. The van der Waals surface area contributed by atoms with Gasteiger partial charge >= 0.3 is 0 Å². The maximum Gasteiger partial charge on any atom is 0.264 e. The minimum absolute atomic E-state index is 0.0641. The van der Waals surface area contributed by atoms with E-state index in [1.54, 1.807) is 47.4 Å². The number of sulfonamides is 1. The Morgan fingerprint density at radius 1 is 0.804 bits per heavy atom. The van der Waals surface area contributed by atoms with E-state index in [9.17, 15) is 18.0 Å². The van der Waals surface area contributed by atoms with Crippen molar-refractivity contribution >= 4 is 27.5 Å². The molecule has 1 N–H and O–H groups in total. The van der Waals surface area contributed by atoms with Gasteiger partial charge in [0.15, 0.2) is 0 Å². The molecular formula is C37H41N3O5S. The molecule has 1 aliphatic carbocycles. The number of carbonyl (C=O) groups is 2. The molecule has 9 heteroatoms. The van der Waals surface area contributed by atoms with Crippen LogP contribution in [0.25, 0.3) is 0 Å². The lowest BCUT2D eigenvalue weighted by Crippen LogP contribution is -2.54. The van der Waals surface area contributed by atoms with Crippen LogP contribution in [0.2, 0.25) is 0 Å². The third-order valence-corrected chi connectivity index (χ3v) is 10.1. The van der Waals surface area contributed by atoms with E-state index in [4.69, 9.17) is 4.74 Å². The molecule has 240 valence electrons. The minimum atomic E-state index is -4.15. The van der Waals surface area contributed by atoms with Crippen molar-refractivity contribution in [3.63, 3.8) is 0 Å². The summed E-state index contributed by atoms with van der Waals surface area (Å²) < 4.78 is 35.2. The van der Waals surface area contributed by atoms with E-state index in [0.29, 0.717) is 30.0 Å². The van der Waals surface area contributed by atoms with Crippen molar-refractivity contribution in [3.05, 3.63) is 121 Å². The maximum atomic E-state index is 14.3. The molecule has 4 aromatic rings. The fourth-order valence-corrected chi connectivity index (χ4v) is 7.25. The number of benzene rings is 4. The third-order valence-electron chi connectivity index (χ3n) is 8.29. The molecule has 0 bridgehead atoms. The Kier molecular flexibility index (Phi) is 11.1. The van der Waals surface area contributed by atoms with Crippen LogP contribution in [0.1, 0.15) is 44.6 Å². The number of amides is 2. The van der Waals surface area contributed by atoms with Gasteiger partial charge in [-0.05, 0) is 79.8 Å². The average Bonchev–Trinajstić information content (AvgIpc) is 3.60. The Bertz CT molecular complexity index is 1660. The van der Waals surface area contributed by atoms with Crippen LogP contribution >= 0.6 is 0 Å². The number of nitrogens with zero attached hydrogens (tertiary/aromatic N) is 2. The van der Waals surface area contributed by atoms with Crippen molar-refractivity contribution < 1.29 is 22.7 Å². The number of rotatable bonds is 14. The fourth-order valence-electron chi connectivity index (χ4n) is 5.82. The maximum absolute atomic E-state index is 14.3. The molecule has 5 rings (SSSR count). The molecule has 0 aromatic heterocycles. The van der Waals surface area contributed by atoms with Crippen LogP contribution in [0.4, 0.5) is 5.69 Å². The summed E-state index contributed by atoms with van der Waals surface area (Å²) in [5.74, 6) is 0.524. The van der Waals surface area contributed by atoms with Crippen molar-refractivity contribution in [2.75, 3.05) is 17.4 Å². The highest BCUT2D eigenvalue weighted by Crippen LogP contribution is 2.28. The van der Waals surface area contributed by atoms with Crippen LogP contribution in [0.3, 0.4) is 0 Å². The topological polar surface area (TPSA) is 96.0 Å². The lowest BCUT2D eigenvalue weighted by molar-refractivity contribution is -0.139. The van der Waals surface area contributed by atoms with Crippen LogP contribution in [0, 0.1) is 0 Å². The number of hydrogen-bond acceptors (Lipinski definition) is 5. The van der Waals surface area contributed by atoms with Gasteiger partial charge in [-0.3, -0.25) is 13.9 Å². The summed E-state index contributed by atoms with van der Waals surface area (Å²) in [6.07, 6.45) is 4.91. The van der Waals surface area contributed by atoms with Crippen LogP contribution in [-0.2, 0) is 26.0 Å². The summed E-state index contributed by atoms with van der Waals surface area (Å²) in [7, 11) is -4.15. The van der Waals surface area contributed by atoms with Gasteiger partial charge in [0.05, 0.1) is 10.6 Å². The van der Waals surface area contributed by atoms with Crippen molar-refractivity contribution in [1.29, 1.82) is 0 Å². The smallest absolute Gasteiger partial charge is 0.264 e. The predicted octanol–water partition coefficient (Wildman–Crippen LogP) is 6.58. The molecule has 0 unspecified atom stereocenters. The van der Waals surface area contributed by atoms with E-state index in [1.165, 1.54) is 12.1 Å². The van der Waals surface area contributed by atoms with Gasteiger partial charge < -0.3 is 15.0 Å². The quantitative estimate of drug-likeness (QED) is 0.168. The largest absolute Gasteiger partial charge is 0.457 e. The lowest BCUT2D eigenvalue weighted by Gasteiger charge is -2.33. The van der Waals surface area contributed by atoms with E-state index >= 15 is 0 Å². The first-order valence-corrected chi connectivity index (χ1v) is 17.3. The summed E-state index contributed by atoms with van der Waals surface area (Å²) in [6, 6.07) is 33.1. The van der Waals surface area contributed by atoms with Crippen molar-refractivity contribution in [3.8, 4) is 11.5 Å². The fraction of sp³-hybridized carbons (Fsp3) is 0.297. The second kappa shape index (κ2) is 15.6. The molecule has 1 atom stereocenters. The summed E-state index contributed by atoms with van der Waals surface area (Å²) in [5, 5.41) is 3.15. The van der Waals surface area contributed by atoms with Gasteiger partial charge in [0, 0.05) is 12.6 Å². The highest BCUT2D eigenvalue weighted by Gasteiger charge is 2.34. The number of hydrogen-bond donors (Lipinski definition) is 1. The monoisotopic (exact) mass is 639 g/mol. The van der Waals surface area contributed by atoms with E-state index < -0.39 is 28.5 Å². The lowest BCUT2D eigenvalue weighted by atomic mass is 10.1. The summed E-state index contributed by atoms with van der Waals surface area (Å²) in [4.78, 5) is 29.5. The molecular weight excluding hydrogens is 598 g/mol. The van der Waals surface area contributed by atoms with Gasteiger partial charge in [-0.15, -0.1) is 0 Å². The first kappa shape index (κ1) is 32.8. The Balaban J connectivity index is 1.45. The SMILES string of the molecule is CC[C@H](C(=O)NC1CCCC1)N(CCc1ccccc1)C(=O)CN(c1ccc(Oc2ccccc2)cc1)S(=O)(=O)c1ccccc1. The molecule has 0 radical (unpaired) electrons. The van der Waals surface area contributed by atoms with E-state index in [0.717, 1.165) is 35.6 Å². The number of carbonyl (C=O) groups excluding carboxylic acids is 2. The number of para-hydroxylation sites is 1. The normalized spacial score (nSPS) is 13.9. The Labute approximate surface area is 272 Å². The van der Waals surface area contributed by atoms with Gasteiger partial charge in [0.2, 0.25) is 11.8 Å². The standard InChI is InChI=1S/C37H41N3O5S/c1-2-35(37(42)38-30-16-12-13-17-30)39(27-26-29-14-6-3-7-15-29)36(41)28-40(46(43,44)34-20-10-5-11-21-34)31-22-24-33(25-23-31)45-32-18-8-4-9-19-32/h3-11,14-15,18-25,30,35H,2,12-13,16-17,26-28H2,1H3,(H,38,42)/t35-/m1/s1. The van der Waals surface area contributed by atoms with E-state index in [1.807, 2.05) is 67.6 Å². The second-order valence-electron chi connectivity index (χ2n) is 11.5. The van der Waals surface area contributed by atoms with Gasteiger partial charge in [-0.1, -0.05) is 86.5 Å². The molecule has 0 aliphatic heterocycles. The summed E-state index contributed by atoms with van der Waals surface area (Å²) >= 11 is 0.